The van der Waals surface area contributed by atoms with E-state index in [2.05, 4.69) is 5.32 Å². The molecule has 0 aliphatic carbocycles. The van der Waals surface area contributed by atoms with Crippen molar-refractivity contribution in [1.82, 2.24) is 0 Å². The summed E-state index contributed by atoms with van der Waals surface area (Å²) < 4.78 is 0. The van der Waals surface area contributed by atoms with Crippen molar-refractivity contribution in [2.45, 2.75) is 6.42 Å². The van der Waals surface area contributed by atoms with Crippen LogP contribution in [0.2, 0.25) is 0 Å². The summed E-state index contributed by atoms with van der Waals surface area (Å²) in [5, 5.41) is 11.9. The maximum Gasteiger partial charge on any atom is 1.00 e. The van der Waals surface area contributed by atoms with Crippen molar-refractivity contribution in [3.8, 4) is 0 Å². The molecule has 0 heterocycles. The molecular formula is C4H10KNO. The minimum atomic E-state index is 0. The summed E-state index contributed by atoms with van der Waals surface area (Å²) in [6, 6.07) is 0. The van der Waals surface area contributed by atoms with E-state index in [1.54, 1.807) is 7.05 Å². The summed E-state index contributed by atoms with van der Waals surface area (Å²) in [6.07, 6.45) is 0.802. The quantitative estimate of drug-likeness (QED) is 0.327. The summed E-state index contributed by atoms with van der Waals surface area (Å²) in [6.45, 7) is 1.05. The molecule has 0 rings (SSSR count). The van der Waals surface area contributed by atoms with Gasteiger partial charge in [0.2, 0.25) is 0 Å². The van der Waals surface area contributed by atoms with Gasteiger partial charge in [0.25, 0.3) is 0 Å². The molecule has 2 nitrogen and oxygen atoms in total. The zero-order valence-electron chi connectivity index (χ0n) is 5.02. The predicted octanol–water partition coefficient (Wildman–Crippen LogP) is -2.62. The van der Waals surface area contributed by atoms with Crippen LogP contribution in [0, 0.1) is 0 Å². The van der Waals surface area contributed by atoms with Crippen molar-refractivity contribution in [2.75, 3.05) is 20.2 Å². The molecule has 0 amide bonds. The van der Waals surface area contributed by atoms with Gasteiger partial charge in [0.05, 0.1) is 0 Å². The summed E-state index contributed by atoms with van der Waals surface area (Å²) in [5.74, 6) is 0. The molecule has 1 N–H and O–H groups in total. The third kappa shape index (κ3) is 11.2. The zero-order valence-corrected chi connectivity index (χ0v) is 8.14. The summed E-state index contributed by atoms with van der Waals surface area (Å²) in [5.41, 5.74) is 0. The van der Waals surface area contributed by atoms with Crippen LogP contribution in [0.5, 0.6) is 0 Å². The van der Waals surface area contributed by atoms with Gasteiger partial charge in [-0.05, 0) is 6.42 Å². The molecule has 0 radical (unpaired) electrons. The largest absolute Gasteiger partial charge is 1.00 e. The molecule has 0 aliphatic rings. The molecular weight excluding hydrogens is 117 g/mol. The number of aliphatic hydroxyl groups excluding tert-OH is 1. The Morgan fingerprint density at radius 1 is 1.57 bits per heavy atom. The van der Waals surface area contributed by atoms with Crippen LogP contribution >= 0.6 is 0 Å². The summed E-state index contributed by atoms with van der Waals surface area (Å²) in [7, 11) is 1.75. The van der Waals surface area contributed by atoms with Crippen LogP contribution in [0.15, 0.2) is 0 Å². The molecule has 0 fully saturated rings. The van der Waals surface area contributed by atoms with Crippen LogP contribution < -0.4 is 51.4 Å². The second-order valence-electron chi connectivity index (χ2n) is 1.12. The van der Waals surface area contributed by atoms with Crippen LogP contribution in [-0.4, -0.2) is 25.3 Å². The third-order valence-corrected chi connectivity index (χ3v) is 0.540. The van der Waals surface area contributed by atoms with Crippen molar-refractivity contribution >= 4 is 0 Å². The SMILES string of the molecule is C[N-]CCCO.[K+]. The van der Waals surface area contributed by atoms with E-state index in [1.165, 1.54) is 0 Å². The fourth-order valence-electron chi connectivity index (χ4n) is 0.229. The number of aliphatic hydroxyl groups is 1. The second-order valence-corrected chi connectivity index (χ2v) is 1.12. The molecule has 7 heavy (non-hydrogen) atoms. The van der Waals surface area contributed by atoms with E-state index in [0.29, 0.717) is 0 Å². The van der Waals surface area contributed by atoms with E-state index in [9.17, 15) is 0 Å². The van der Waals surface area contributed by atoms with Crippen molar-refractivity contribution < 1.29 is 56.5 Å². The molecule has 0 spiro atoms. The van der Waals surface area contributed by atoms with Gasteiger partial charge in [0.15, 0.2) is 0 Å². The molecule has 0 aromatic heterocycles. The number of hydrogen-bond acceptors (Lipinski definition) is 1. The molecule has 0 atom stereocenters. The van der Waals surface area contributed by atoms with Crippen LogP contribution in [0.1, 0.15) is 6.42 Å². The Morgan fingerprint density at radius 2 is 2.14 bits per heavy atom. The molecule has 0 unspecified atom stereocenters. The van der Waals surface area contributed by atoms with Gasteiger partial charge in [-0.25, -0.2) is 0 Å². The summed E-state index contributed by atoms with van der Waals surface area (Å²) in [4.78, 5) is 0. The molecule has 0 bridgehead atoms. The Kier molecular flexibility index (Phi) is 17.1. The topological polar surface area (TPSA) is 34.3 Å². The van der Waals surface area contributed by atoms with Crippen molar-refractivity contribution in [2.24, 2.45) is 0 Å². The summed E-state index contributed by atoms with van der Waals surface area (Å²) >= 11 is 0. The van der Waals surface area contributed by atoms with E-state index in [-0.39, 0.29) is 58.0 Å². The first-order valence-electron chi connectivity index (χ1n) is 2.08. The number of hydrogen-bond donors (Lipinski definition) is 1. The Bertz CT molecular complexity index is 23.7. The average Bonchev–Trinajstić information content (AvgIpc) is 1.61. The maximum absolute atomic E-state index is 8.14. The van der Waals surface area contributed by atoms with Crippen molar-refractivity contribution in [1.29, 1.82) is 0 Å². The first kappa shape index (κ1) is 11.4. The molecule has 38 valence electrons. The third-order valence-electron chi connectivity index (χ3n) is 0.540. The van der Waals surface area contributed by atoms with Gasteiger partial charge in [-0.1, -0.05) is 0 Å². The fraction of sp³-hybridized carbons (Fsp3) is 1.00. The molecule has 0 aromatic rings. The van der Waals surface area contributed by atoms with Gasteiger partial charge in [-0.15, -0.1) is 6.54 Å². The Labute approximate surface area is 87.1 Å². The van der Waals surface area contributed by atoms with Gasteiger partial charge in [0, 0.05) is 6.61 Å². The van der Waals surface area contributed by atoms with E-state index in [0.717, 1.165) is 13.0 Å². The normalized spacial score (nSPS) is 7.71. The maximum atomic E-state index is 8.14. The minimum Gasteiger partial charge on any atom is -0.665 e. The van der Waals surface area contributed by atoms with Crippen LogP contribution in [0.25, 0.3) is 5.32 Å². The number of nitrogens with zero attached hydrogens (tertiary/aromatic N) is 1. The standard InChI is InChI=1S/C4H10NO.K/c1-5-3-2-4-6;/h6H,2-4H2,1H3;/q-1;+1. The Morgan fingerprint density at radius 3 is 2.29 bits per heavy atom. The predicted molar refractivity (Wildman–Crippen MR) is 25.9 cm³/mol. The van der Waals surface area contributed by atoms with E-state index in [1.807, 2.05) is 0 Å². The first-order chi connectivity index (χ1) is 2.91. The van der Waals surface area contributed by atoms with Gasteiger partial charge >= 0.3 is 51.4 Å². The van der Waals surface area contributed by atoms with Gasteiger partial charge in [0.1, 0.15) is 0 Å². The second kappa shape index (κ2) is 10.5. The van der Waals surface area contributed by atoms with Crippen molar-refractivity contribution in [3.63, 3.8) is 0 Å². The van der Waals surface area contributed by atoms with E-state index >= 15 is 0 Å². The van der Waals surface area contributed by atoms with Gasteiger partial charge in [-0.2, -0.15) is 7.05 Å². The van der Waals surface area contributed by atoms with E-state index in [4.69, 9.17) is 5.11 Å². The molecule has 0 aliphatic heterocycles. The Balaban J connectivity index is 0. The molecule has 0 saturated heterocycles. The molecule has 3 heteroatoms. The molecule has 0 aromatic carbocycles. The molecule has 0 saturated carbocycles. The number of rotatable bonds is 3. The first-order valence-corrected chi connectivity index (χ1v) is 2.08. The smallest absolute Gasteiger partial charge is 0.665 e. The van der Waals surface area contributed by atoms with Gasteiger partial charge < -0.3 is 10.4 Å². The van der Waals surface area contributed by atoms with Crippen molar-refractivity contribution in [3.05, 3.63) is 5.32 Å². The minimum absolute atomic E-state index is 0. The fourth-order valence-corrected chi connectivity index (χ4v) is 0.229. The van der Waals surface area contributed by atoms with Crippen LogP contribution in [0.3, 0.4) is 0 Å². The monoisotopic (exact) mass is 127 g/mol. The van der Waals surface area contributed by atoms with E-state index < -0.39 is 0 Å². The zero-order chi connectivity index (χ0) is 4.83. The van der Waals surface area contributed by atoms with Crippen LogP contribution in [-0.2, 0) is 0 Å². The van der Waals surface area contributed by atoms with Crippen LogP contribution in [0.4, 0.5) is 0 Å². The van der Waals surface area contributed by atoms with Gasteiger partial charge in [-0.3, -0.25) is 0 Å². The average molecular weight is 127 g/mol. The Hall–Kier alpha value is 1.56.